The highest BCUT2D eigenvalue weighted by molar-refractivity contribution is 7.09. The van der Waals surface area contributed by atoms with Crippen molar-refractivity contribution < 1.29 is 0 Å². The van der Waals surface area contributed by atoms with E-state index in [1.54, 1.807) is 11.3 Å². The Balaban J connectivity index is 0. The molecule has 0 saturated carbocycles. The van der Waals surface area contributed by atoms with Gasteiger partial charge in [0, 0.05) is 60.4 Å². The van der Waals surface area contributed by atoms with Crippen molar-refractivity contribution in [2.24, 2.45) is 12.5 Å². The SMILES string of the molecule is CC(C)(C)C.Cc1cccc(C(C)(C)C)n1.Cc1csc(C(C)(C)C)n1.Cn1ccc(C(C)(C)C)n1.[B]. The largest absolute Gasteiger partial charge is 0.276 e. The van der Waals surface area contributed by atoms with Gasteiger partial charge in [0.1, 0.15) is 0 Å². The molecule has 0 saturated heterocycles. The van der Waals surface area contributed by atoms with Gasteiger partial charge < -0.3 is 0 Å². The van der Waals surface area contributed by atoms with Gasteiger partial charge in [0.05, 0.1) is 10.7 Å². The van der Waals surface area contributed by atoms with Crippen molar-refractivity contribution in [3.8, 4) is 0 Å². The Hall–Kier alpha value is -1.95. The monoisotopic (exact) mass is 525 g/mol. The summed E-state index contributed by atoms with van der Waals surface area (Å²) in [4.78, 5) is 8.84. The summed E-state index contributed by atoms with van der Waals surface area (Å²) in [6.45, 7) is 32.4. The first-order valence-corrected chi connectivity index (χ1v) is 13.7. The molecule has 6 heteroatoms. The maximum absolute atomic E-state index is 4.44. The summed E-state index contributed by atoms with van der Waals surface area (Å²) in [5, 5.41) is 7.62. The van der Waals surface area contributed by atoms with Crippen LogP contribution in [0.2, 0.25) is 0 Å². The van der Waals surface area contributed by atoms with Crippen LogP contribution in [0.5, 0.6) is 0 Å². The summed E-state index contributed by atoms with van der Waals surface area (Å²) in [5.74, 6) is 0. The van der Waals surface area contributed by atoms with E-state index in [1.807, 2.05) is 37.8 Å². The summed E-state index contributed by atoms with van der Waals surface area (Å²) >= 11 is 1.75. The second-order valence-electron chi connectivity index (χ2n) is 14.1. The van der Waals surface area contributed by atoms with Crippen LogP contribution in [0.4, 0.5) is 0 Å². The number of nitrogens with zero attached hydrogens (tertiary/aromatic N) is 4. The predicted octanol–water partition coefficient (Wildman–Crippen LogP) is 8.83. The van der Waals surface area contributed by atoms with E-state index in [4.69, 9.17) is 0 Å². The van der Waals surface area contributed by atoms with E-state index in [1.165, 1.54) is 5.01 Å². The number of aryl methyl sites for hydroxylation is 3. The lowest BCUT2D eigenvalue weighted by Gasteiger charge is -2.17. The van der Waals surface area contributed by atoms with E-state index in [0.717, 1.165) is 22.8 Å². The van der Waals surface area contributed by atoms with Crippen molar-refractivity contribution in [2.45, 2.75) is 120 Å². The average molecular weight is 526 g/mol. The molecule has 0 N–H and O–H groups in total. The quantitative estimate of drug-likeness (QED) is 0.275. The van der Waals surface area contributed by atoms with E-state index in [-0.39, 0.29) is 24.7 Å². The van der Waals surface area contributed by atoms with Crippen molar-refractivity contribution in [1.82, 2.24) is 19.7 Å². The van der Waals surface area contributed by atoms with E-state index in [2.05, 4.69) is 129 Å². The first-order chi connectivity index (χ1) is 16.0. The Morgan fingerprint density at radius 3 is 1.35 bits per heavy atom. The average Bonchev–Trinajstić information content (AvgIpc) is 3.29. The number of hydrogen-bond acceptors (Lipinski definition) is 4. The number of rotatable bonds is 0. The van der Waals surface area contributed by atoms with Gasteiger partial charge in [-0.15, -0.1) is 11.3 Å². The third kappa shape index (κ3) is 18.0. The molecule has 0 atom stereocenters. The minimum atomic E-state index is 0. The lowest BCUT2D eigenvalue weighted by atomic mass is 9.91. The molecule has 0 aliphatic carbocycles. The first kappa shape index (κ1) is 37.2. The Kier molecular flexibility index (Phi) is 14.9. The van der Waals surface area contributed by atoms with Gasteiger partial charge in [-0.3, -0.25) is 9.67 Å². The van der Waals surface area contributed by atoms with Crippen LogP contribution in [-0.2, 0) is 23.3 Å². The third-order valence-electron chi connectivity index (χ3n) is 4.40. The lowest BCUT2D eigenvalue weighted by molar-refractivity contribution is 0.469. The van der Waals surface area contributed by atoms with Crippen LogP contribution in [0.15, 0.2) is 35.8 Å². The smallest absolute Gasteiger partial charge is 0.0981 e. The second kappa shape index (κ2) is 14.9. The fourth-order valence-electron chi connectivity index (χ4n) is 2.47. The normalized spacial score (nSPS) is 11.6. The zero-order chi connectivity index (χ0) is 28.5. The highest BCUT2D eigenvalue weighted by atomic mass is 32.1. The molecule has 3 aromatic rings. The zero-order valence-electron chi connectivity index (χ0n) is 26.7. The molecular formula is C31H54BN4S. The Morgan fingerprint density at radius 1 is 0.649 bits per heavy atom. The number of hydrogen-bond donors (Lipinski definition) is 0. The highest BCUT2D eigenvalue weighted by Crippen LogP contribution is 2.25. The maximum Gasteiger partial charge on any atom is 0.0981 e. The predicted molar refractivity (Wildman–Crippen MR) is 166 cm³/mol. The number of thiazole rings is 1. The minimum absolute atomic E-state index is 0. The van der Waals surface area contributed by atoms with Gasteiger partial charge in [0.25, 0.3) is 0 Å². The molecule has 0 aliphatic rings. The molecule has 0 bridgehead atoms. The van der Waals surface area contributed by atoms with E-state index < -0.39 is 0 Å². The van der Waals surface area contributed by atoms with E-state index >= 15 is 0 Å². The van der Waals surface area contributed by atoms with Gasteiger partial charge in [0.15, 0.2) is 0 Å². The second-order valence-corrected chi connectivity index (χ2v) is 14.9. The van der Waals surface area contributed by atoms with Gasteiger partial charge in [-0.25, -0.2) is 4.98 Å². The Labute approximate surface area is 235 Å². The molecular weight excluding hydrogens is 471 g/mol. The van der Waals surface area contributed by atoms with Crippen LogP contribution in [0.25, 0.3) is 0 Å². The molecule has 0 amide bonds. The van der Waals surface area contributed by atoms with Gasteiger partial charge in [0.2, 0.25) is 0 Å². The summed E-state index contributed by atoms with van der Waals surface area (Å²) in [6, 6.07) is 8.21. The van der Waals surface area contributed by atoms with Crippen LogP contribution in [0.1, 0.15) is 118 Å². The van der Waals surface area contributed by atoms with Crippen LogP contribution in [0.3, 0.4) is 0 Å². The van der Waals surface area contributed by atoms with Gasteiger partial charge >= 0.3 is 0 Å². The molecule has 3 heterocycles. The van der Waals surface area contributed by atoms with Crippen molar-refractivity contribution in [3.63, 3.8) is 0 Å². The van der Waals surface area contributed by atoms with Crippen LogP contribution in [-0.4, -0.2) is 28.2 Å². The highest BCUT2D eigenvalue weighted by Gasteiger charge is 2.17. The summed E-state index contributed by atoms with van der Waals surface area (Å²) in [5.41, 5.74) is 5.62. The van der Waals surface area contributed by atoms with Crippen molar-refractivity contribution >= 4 is 19.7 Å². The Morgan fingerprint density at radius 2 is 1.14 bits per heavy atom. The molecule has 0 unspecified atom stereocenters. The van der Waals surface area contributed by atoms with Crippen molar-refractivity contribution in [3.05, 3.63) is 63.6 Å². The molecule has 0 fully saturated rings. The van der Waals surface area contributed by atoms with Gasteiger partial charge in [-0.05, 0) is 37.5 Å². The standard InChI is InChI=1S/C10H15N.C8H14N2.C8H13NS.C5H12.B/c1-8-6-5-7-9(11-8)10(2,3)4;1-8(2,3)7-5-6-10(4)9-7;1-6-5-10-7(9-6)8(2,3)4;1-5(2,3)4;/h5-7H,1-4H3;5-6H,1-4H3;5H,1-4H3;1-4H3;. The van der Waals surface area contributed by atoms with Crippen molar-refractivity contribution in [2.75, 3.05) is 0 Å². The zero-order valence-corrected chi connectivity index (χ0v) is 27.6. The van der Waals surface area contributed by atoms with Crippen LogP contribution >= 0.6 is 11.3 Å². The number of pyridine rings is 1. The fourth-order valence-corrected chi connectivity index (χ4v) is 3.36. The molecule has 4 nitrogen and oxygen atoms in total. The van der Waals surface area contributed by atoms with Crippen LogP contribution < -0.4 is 0 Å². The topological polar surface area (TPSA) is 43.6 Å². The molecule has 3 rings (SSSR count). The molecule has 37 heavy (non-hydrogen) atoms. The van der Waals surface area contributed by atoms with E-state index in [9.17, 15) is 0 Å². The number of aromatic nitrogens is 4. The maximum atomic E-state index is 4.44. The summed E-state index contributed by atoms with van der Waals surface area (Å²) < 4.78 is 1.83. The summed E-state index contributed by atoms with van der Waals surface area (Å²) in [6.07, 6.45) is 1.97. The summed E-state index contributed by atoms with van der Waals surface area (Å²) in [7, 11) is 1.94. The third-order valence-corrected chi connectivity index (χ3v) is 5.79. The molecule has 3 radical (unpaired) electrons. The van der Waals surface area contributed by atoms with Crippen LogP contribution in [0, 0.1) is 19.3 Å². The van der Waals surface area contributed by atoms with Gasteiger partial charge in [-0.2, -0.15) is 5.10 Å². The van der Waals surface area contributed by atoms with Gasteiger partial charge in [-0.1, -0.05) is 96.1 Å². The van der Waals surface area contributed by atoms with E-state index in [0.29, 0.717) is 5.41 Å². The van der Waals surface area contributed by atoms with Crippen molar-refractivity contribution in [1.29, 1.82) is 0 Å². The molecule has 0 aromatic carbocycles. The molecule has 207 valence electrons. The lowest BCUT2D eigenvalue weighted by Crippen LogP contribution is -2.13. The Bertz CT molecular complexity index is 967. The fraction of sp³-hybridized carbons (Fsp3) is 0.645. The first-order valence-electron chi connectivity index (χ1n) is 12.9. The minimum Gasteiger partial charge on any atom is -0.276 e. The molecule has 0 aliphatic heterocycles. The molecule has 3 aromatic heterocycles. The molecule has 0 spiro atoms.